The Morgan fingerprint density at radius 3 is 2.36 bits per heavy atom. The van der Waals surface area contributed by atoms with E-state index in [1.807, 2.05) is 0 Å². The zero-order valence-electron chi connectivity index (χ0n) is 15.4. The molecule has 0 aromatic heterocycles. The Morgan fingerprint density at radius 1 is 0.955 bits per heavy atom. The van der Waals surface area contributed by atoms with Gasteiger partial charge in [0.05, 0.1) is 0 Å². The van der Waals surface area contributed by atoms with Crippen molar-refractivity contribution in [2.45, 2.75) is 78.0 Å². The van der Waals surface area contributed by atoms with Crippen molar-refractivity contribution < 1.29 is 0 Å². The standard InChI is InChI=1S/C18H38N4/c1-14-10-19-12-16(21-14)6-7-17-13-20-11-15(2)22(17)9-8-18(3,4)5/h14-17,19-21H,6-13H2,1-5H3/t14-,15?,16+,17?/m1/s1. The molecule has 2 unspecified atom stereocenters. The van der Waals surface area contributed by atoms with Crippen LogP contribution in [0.5, 0.6) is 0 Å². The molecule has 0 bridgehead atoms. The Morgan fingerprint density at radius 2 is 1.68 bits per heavy atom. The van der Waals surface area contributed by atoms with E-state index < -0.39 is 0 Å². The molecule has 2 fully saturated rings. The van der Waals surface area contributed by atoms with Crippen LogP contribution in [-0.4, -0.2) is 61.8 Å². The molecule has 2 rings (SSSR count). The first-order chi connectivity index (χ1) is 10.3. The molecular formula is C18H38N4. The van der Waals surface area contributed by atoms with Gasteiger partial charge in [-0.2, -0.15) is 0 Å². The number of piperazine rings is 2. The van der Waals surface area contributed by atoms with Gasteiger partial charge in [-0.25, -0.2) is 0 Å². The lowest BCUT2D eigenvalue weighted by molar-refractivity contribution is 0.0829. The molecule has 3 N–H and O–H groups in total. The maximum absolute atomic E-state index is 3.74. The largest absolute Gasteiger partial charge is 0.314 e. The number of nitrogens with one attached hydrogen (secondary N) is 3. The molecule has 2 saturated heterocycles. The molecule has 2 heterocycles. The number of nitrogens with zero attached hydrogens (tertiary/aromatic N) is 1. The summed E-state index contributed by atoms with van der Waals surface area (Å²) in [6, 6.07) is 2.62. The highest BCUT2D eigenvalue weighted by Crippen LogP contribution is 2.23. The Bertz CT molecular complexity index is 326. The van der Waals surface area contributed by atoms with Crippen LogP contribution in [0.15, 0.2) is 0 Å². The lowest BCUT2D eigenvalue weighted by Gasteiger charge is -2.43. The SMILES string of the molecule is CC1CNCC(CC[C@H]2CNC[C@@H](C)N2)N1CCC(C)(C)C. The lowest BCUT2D eigenvalue weighted by Crippen LogP contribution is -2.58. The van der Waals surface area contributed by atoms with E-state index in [0.29, 0.717) is 29.6 Å². The zero-order valence-corrected chi connectivity index (χ0v) is 15.4. The average molecular weight is 311 g/mol. The molecule has 4 nitrogen and oxygen atoms in total. The Balaban J connectivity index is 1.83. The van der Waals surface area contributed by atoms with E-state index in [2.05, 4.69) is 55.5 Å². The van der Waals surface area contributed by atoms with Crippen molar-refractivity contribution in [3.8, 4) is 0 Å². The minimum atomic E-state index is 0.430. The van der Waals surface area contributed by atoms with Crippen LogP contribution in [0.2, 0.25) is 0 Å². The zero-order chi connectivity index (χ0) is 16.2. The second-order valence-corrected chi connectivity index (χ2v) is 8.71. The molecule has 0 amide bonds. The summed E-state index contributed by atoms with van der Waals surface area (Å²) in [7, 11) is 0. The highest BCUT2D eigenvalue weighted by molar-refractivity contribution is 4.88. The van der Waals surface area contributed by atoms with Gasteiger partial charge in [0.15, 0.2) is 0 Å². The van der Waals surface area contributed by atoms with E-state index in [4.69, 9.17) is 0 Å². The van der Waals surface area contributed by atoms with Crippen LogP contribution in [0.3, 0.4) is 0 Å². The predicted octanol–water partition coefficient (Wildman–Crippen LogP) is 1.82. The van der Waals surface area contributed by atoms with E-state index >= 15 is 0 Å². The molecular weight excluding hydrogens is 272 g/mol. The predicted molar refractivity (Wildman–Crippen MR) is 95.4 cm³/mol. The third-order valence-corrected chi connectivity index (χ3v) is 5.18. The van der Waals surface area contributed by atoms with Gasteiger partial charge in [-0.05, 0) is 45.1 Å². The molecule has 0 saturated carbocycles. The minimum absolute atomic E-state index is 0.430. The molecule has 130 valence electrons. The maximum Gasteiger partial charge on any atom is 0.0224 e. The van der Waals surface area contributed by atoms with Crippen molar-refractivity contribution in [3.05, 3.63) is 0 Å². The van der Waals surface area contributed by atoms with Crippen LogP contribution in [0.4, 0.5) is 0 Å². The molecule has 0 aromatic carbocycles. The van der Waals surface area contributed by atoms with Crippen LogP contribution >= 0.6 is 0 Å². The molecule has 0 aliphatic carbocycles. The molecule has 0 spiro atoms. The van der Waals surface area contributed by atoms with E-state index in [9.17, 15) is 0 Å². The van der Waals surface area contributed by atoms with Crippen molar-refractivity contribution in [2.75, 3.05) is 32.7 Å². The van der Waals surface area contributed by atoms with Crippen molar-refractivity contribution in [2.24, 2.45) is 5.41 Å². The fourth-order valence-corrected chi connectivity index (χ4v) is 3.76. The molecule has 22 heavy (non-hydrogen) atoms. The van der Waals surface area contributed by atoms with Crippen molar-refractivity contribution in [3.63, 3.8) is 0 Å². The number of hydrogen-bond acceptors (Lipinski definition) is 4. The van der Waals surface area contributed by atoms with E-state index in [1.54, 1.807) is 0 Å². The number of rotatable bonds is 5. The van der Waals surface area contributed by atoms with Crippen molar-refractivity contribution in [1.82, 2.24) is 20.9 Å². The van der Waals surface area contributed by atoms with Gasteiger partial charge >= 0.3 is 0 Å². The minimum Gasteiger partial charge on any atom is -0.314 e. The van der Waals surface area contributed by atoms with Gasteiger partial charge in [0.25, 0.3) is 0 Å². The van der Waals surface area contributed by atoms with Crippen LogP contribution in [0.25, 0.3) is 0 Å². The second-order valence-electron chi connectivity index (χ2n) is 8.71. The topological polar surface area (TPSA) is 39.3 Å². The van der Waals surface area contributed by atoms with Crippen LogP contribution < -0.4 is 16.0 Å². The Hall–Kier alpha value is -0.160. The summed E-state index contributed by atoms with van der Waals surface area (Å²) in [4.78, 5) is 2.77. The number of hydrogen-bond donors (Lipinski definition) is 3. The fraction of sp³-hybridized carbons (Fsp3) is 1.00. The van der Waals surface area contributed by atoms with Gasteiger partial charge in [-0.3, -0.25) is 4.90 Å². The van der Waals surface area contributed by atoms with Gasteiger partial charge in [-0.1, -0.05) is 20.8 Å². The van der Waals surface area contributed by atoms with Crippen LogP contribution in [-0.2, 0) is 0 Å². The highest BCUT2D eigenvalue weighted by atomic mass is 15.2. The Kier molecular flexibility index (Phi) is 6.69. The fourth-order valence-electron chi connectivity index (χ4n) is 3.76. The summed E-state index contributed by atoms with van der Waals surface area (Å²) in [6.07, 6.45) is 3.87. The third-order valence-electron chi connectivity index (χ3n) is 5.18. The van der Waals surface area contributed by atoms with E-state index in [-0.39, 0.29) is 0 Å². The van der Waals surface area contributed by atoms with Gasteiger partial charge in [0.2, 0.25) is 0 Å². The first-order valence-electron chi connectivity index (χ1n) is 9.28. The van der Waals surface area contributed by atoms with Crippen molar-refractivity contribution >= 4 is 0 Å². The second kappa shape index (κ2) is 8.09. The summed E-state index contributed by atoms with van der Waals surface area (Å²) in [5.74, 6) is 0. The molecule has 4 heteroatoms. The molecule has 0 radical (unpaired) electrons. The summed E-state index contributed by atoms with van der Waals surface area (Å²) in [5, 5.41) is 10.9. The first kappa shape index (κ1) is 18.2. The maximum atomic E-state index is 3.74. The van der Waals surface area contributed by atoms with Gasteiger partial charge < -0.3 is 16.0 Å². The smallest absolute Gasteiger partial charge is 0.0224 e. The van der Waals surface area contributed by atoms with Gasteiger partial charge in [0.1, 0.15) is 0 Å². The lowest BCUT2D eigenvalue weighted by atomic mass is 9.90. The van der Waals surface area contributed by atoms with Crippen LogP contribution in [0, 0.1) is 5.41 Å². The van der Waals surface area contributed by atoms with E-state index in [1.165, 1.54) is 25.8 Å². The average Bonchev–Trinajstić information content (AvgIpc) is 2.43. The first-order valence-corrected chi connectivity index (χ1v) is 9.28. The molecule has 0 aromatic rings. The quantitative estimate of drug-likeness (QED) is 0.724. The summed E-state index contributed by atoms with van der Waals surface area (Å²) < 4.78 is 0. The summed E-state index contributed by atoms with van der Waals surface area (Å²) in [6.45, 7) is 17.5. The van der Waals surface area contributed by atoms with Crippen LogP contribution in [0.1, 0.15) is 53.9 Å². The van der Waals surface area contributed by atoms with Gasteiger partial charge in [-0.15, -0.1) is 0 Å². The third kappa shape index (κ3) is 5.80. The normalized spacial score (nSPS) is 34.8. The molecule has 2 aliphatic heterocycles. The summed E-state index contributed by atoms with van der Waals surface area (Å²) in [5.41, 5.74) is 0.430. The van der Waals surface area contributed by atoms with Crippen molar-refractivity contribution in [1.29, 1.82) is 0 Å². The van der Waals surface area contributed by atoms with Gasteiger partial charge in [0, 0.05) is 50.3 Å². The molecule has 4 atom stereocenters. The van der Waals surface area contributed by atoms with E-state index in [0.717, 1.165) is 26.2 Å². The molecule has 2 aliphatic rings. The Labute approximate surface area is 137 Å². The monoisotopic (exact) mass is 310 g/mol. The highest BCUT2D eigenvalue weighted by Gasteiger charge is 2.29. The summed E-state index contributed by atoms with van der Waals surface area (Å²) >= 11 is 0.